The Hall–Kier alpha value is -1.22. The lowest BCUT2D eigenvalue weighted by atomic mass is 9.81. The molecule has 2 aliphatic heterocycles. The van der Waals surface area contributed by atoms with Gasteiger partial charge in [0.05, 0.1) is 31.7 Å². The minimum atomic E-state index is -0.935. The van der Waals surface area contributed by atoms with Gasteiger partial charge in [0, 0.05) is 13.0 Å². The maximum absolute atomic E-state index is 12.5. The SMILES string of the molecule is CC(C)(C)[C@@H](CO)C(=O)O.CC(C)(C)[C@@H](COC1CCCCO1)C(=O)OC1CCCCO1. The Kier molecular flexibility index (Phi) is 12.1. The van der Waals surface area contributed by atoms with E-state index in [-0.39, 0.29) is 35.6 Å². The van der Waals surface area contributed by atoms with Crippen LogP contribution in [0.2, 0.25) is 0 Å². The van der Waals surface area contributed by atoms with Crippen molar-refractivity contribution >= 4 is 11.9 Å². The van der Waals surface area contributed by atoms with E-state index in [1.54, 1.807) is 20.8 Å². The number of carboxylic acid groups (broad SMARTS) is 1. The van der Waals surface area contributed by atoms with E-state index in [2.05, 4.69) is 0 Å². The number of hydrogen-bond acceptors (Lipinski definition) is 7. The topological polar surface area (TPSA) is 112 Å². The second kappa shape index (κ2) is 13.5. The van der Waals surface area contributed by atoms with Gasteiger partial charge in [-0.1, -0.05) is 41.5 Å². The summed E-state index contributed by atoms with van der Waals surface area (Å²) in [4.78, 5) is 22.9. The van der Waals surface area contributed by atoms with Crippen molar-refractivity contribution in [3.05, 3.63) is 0 Å². The van der Waals surface area contributed by atoms with E-state index in [0.29, 0.717) is 13.2 Å². The van der Waals surface area contributed by atoms with Gasteiger partial charge in [-0.05, 0) is 42.9 Å². The van der Waals surface area contributed by atoms with Gasteiger partial charge in [0.25, 0.3) is 0 Å². The molecule has 0 spiro atoms. The largest absolute Gasteiger partial charge is 0.481 e. The van der Waals surface area contributed by atoms with Gasteiger partial charge in [0.2, 0.25) is 6.29 Å². The van der Waals surface area contributed by atoms with Crippen molar-refractivity contribution in [2.75, 3.05) is 26.4 Å². The van der Waals surface area contributed by atoms with Crippen molar-refractivity contribution in [1.82, 2.24) is 0 Å². The number of carbonyl (C=O) groups is 2. The van der Waals surface area contributed by atoms with Crippen LogP contribution < -0.4 is 0 Å². The zero-order valence-corrected chi connectivity index (χ0v) is 20.7. The molecule has 2 fully saturated rings. The summed E-state index contributed by atoms with van der Waals surface area (Å²) >= 11 is 0. The number of ether oxygens (including phenoxy) is 4. The summed E-state index contributed by atoms with van der Waals surface area (Å²) in [6.45, 7) is 12.9. The third kappa shape index (κ3) is 10.6. The lowest BCUT2D eigenvalue weighted by Crippen LogP contribution is -2.39. The smallest absolute Gasteiger partial charge is 0.314 e. The first-order valence-corrected chi connectivity index (χ1v) is 11.7. The average molecular weight is 461 g/mol. The molecule has 0 saturated carbocycles. The molecule has 0 aromatic carbocycles. The normalized spacial score (nSPS) is 24.0. The number of aliphatic hydroxyl groups excluding tert-OH is 1. The van der Waals surface area contributed by atoms with Crippen molar-refractivity contribution in [2.45, 2.75) is 92.6 Å². The number of carbonyl (C=O) groups excluding carboxylic acids is 1. The minimum Gasteiger partial charge on any atom is -0.481 e. The molecular weight excluding hydrogens is 416 g/mol. The van der Waals surface area contributed by atoms with Gasteiger partial charge in [-0.15, -0.1) is 0 Å². The highest BCUT2D eigenvalue weighted by Gasteiger charge is 2.36. The maximum Gasteiger partial charge on any atom is 0.314 e. The molecule has 2 unspecified atom stereocenters. The molecule has 2 rings (SSSR count). The number of hydrogen-bond donors (Lipinski definition) is 2. The first-order valence-electron chi connectivity index (χ1n) is 11.7. The molecule has 0 aromatic heterocycles. The molecule has 2 saturated heterocycles. The van der Waals surface area contributed by atoms with Crippen molar-refractivity contribution in [1.29, 1.82) is 0 Å². The number of aliphatic carboxylic acids is 1. The number of rotatable bonds is 7. The third-order valence-electron chi connectivity index (χ3n) is 5.83. The van der Waals surface area contributed by atoms with Crippen LogP contribution in [-0.4, -0.2) is 61.2 Å². The predicted molar refractivity (Wildman–Crippen MR) is 120 cm³/mol. The summed E-state index contributed by atoms with van der Waals surface area (Å²) in [5, 5.41) is 17.2. The lowest BCUT2D eigenvalue weighted by Gasteiger charge is -2.32. The molecule has 32 heavy (non-hydrogen) atoms. The Labute approximate surface area is 192 Å². The fraction of sp³-hybridized carbons (Fsp3) is 0.917. The molecule has 0 aromatic rings. The Morgan fingerprint density at radius 3 is 1.72 bits per heavy atom. The van der Waals surface area contributed by atoms with Crippen LogP contribution in [0.3, 0.4) is 0 Å². The fourth-order valence-electron chi connectivity index (χ4n) is 3.46. The molecule has 2 heterocycles. The molecule has 8 heteroatoms. The van der Waals surface area contributed by atoms with Crippen LogP contribution in [0.4, 0.5) is 0 Å². The van der Waals surface area contributed by atoms with Crippen LogP contribution in [0.1, 0.15) is 80.1 Å². The van der Waals surface area contributed by atoms with E-state index in [9.17, 15) is 9.59 Å². The van der Waals surface area contributed by atoms with Crippen LogP contribution in [0.5, 0.6) is 0 Å². The zero-order chi connectivity index (χ0) is 24.4. The van der Waals surface area contributed by atoms with Crippen molar-refractivity contribution in [3.63, 3.8) is 0 Å². The quantitative estimate of drug-likeness (QED) is 0.549. The average Bonchev–Trinajstić information content (AvgIpc) is 2.68. The summed E-state index contributed by atoms with van der Waals surface area (Å²) in [6, 6.07) is 0. The summed E-state index contributed by atoms with van der Waals surface area (Å²) in [7, 11) is 0. The molecule has 8 nitrogen and oxygen atoms in total. The van der Waals surface area contributed by atoms with E-state index in [0.717, 1.165) is 45.1 Å². The first-order chi connectivity index (χ1) is 14.9. The molecule has 4 atom stereocenters. The van der Waals surface area contributed by atoms with Crippen LogP contribution in [0, 0.1) is 22.7 Å². The van der Waals surface area contributed by atoms with Gasteiger partial charge in [-0.3, -0.25) is 9.59 Å². The monoisotopic (exact) mass is 460 g/mol. The molecule has 0 aliphatic carbocycles. The van der Waals surface area contributed by atoms with Gasteiger partial charge in [0.1, 0.15) is 0 Å². The van der Waals surface area contributed by atoms with E-state index >= 15 is 0 Å². The van der Waals surface area contributed by atoms with Gasteiger partial charge in [-0.2, -0.15) is 0 Å². The molecular formula is C24H44O8. The van der Waals surface area contributed by atoms with Crippen LogP contribution in [0.15, 0.2) is 0 Å². The maximum atomic E-state index is 12.5. The lowest BCUT2D eigenvalue weighted by molar-refractivity contribution is -0.206. The zero-order valence-electron chi connectivity index (χ0n) is 20.7. The van der Waals surface area contributed by atoms with Gasteiger partial charge < -0.3 is 29.2 Å². The van der Waals surface area contributed by atoms with Gasteiger partial charge in [-0.25, -0.2) is 0 Å². The summed E-state index contributed by atoms with van der Waals surface area (Å²) in [5.74, 6) is -2.14. The predicted octanol–water partition coefficient (Wildman–Crippen LogP) is 3.99. The third-order valence-corrected chi connectivity index (χ3v) is 5.83. The standard InChI is InChI=1S/C17H30O5.C7H14O3/c1-17(2,3)13(12-21-14-8-4-6-10-19-14)16(18)22-15-9-5-7-11-20-15;1-7(2,3)5(4-8)6(9)10/h13-15H,4-12H2,1-3H3;5,8H,4H2,1-3H3,(H,9,10)/t13-,14?,15?;5-/m00/s1. The Morgan fingerprint density at radius 1 is 0.875 bits per heavy atom. The molecule has 2 aliphatic rings. The van der Waals surface area contributed by atoms with Crippen LogP contribution in [0.25, 0.3) is 0 Å². The van der Waals surface area contributed by atoms with Crippen LogP contribution in [-0.2, 0) is 28.5 Å². The highest BCUT2D eigenvalue weighted by Crippen LogP contribution is 2.30. The molecule has 0 radical (unpaired) electrons. The summed E-state index contributed by atoms with van der Waals surface area (Å²) in [5.41, 5.74) is -0.582. The summed E-state index contributed by atoms with van der Waals surface area (Å²) < 4.78 is 22.4. The summed E-state index contributed by atoms with van der Waals surface area (Å²) in [6.07, 6.45) is 5.40. The van der Waals surface area contributed by atoms with E-state index < -0.39 is 18.2 Å². The first kappa shape index (κ1) is 28.8. The second-order valence-corrected chi connectivity index (χ2v) is 10.7. The Balaban J connectivity index is 0.000000433. The van der Waals surface area contributed by atoms with Crippen molar-refractivity contribution in [2.24, 2.45) is 22.7 Å². The number of aliphatic hydroxyl groups is 1. The fourth-order valence-corrected chi connectivity index (χ4v) is 3.46. The Morgan fingerprint density at radius 2 is 1.38 bits per heavy atom. The van der Waals surface area contributed by atoms with E-state index in [4.69, 9.17) is 29.2 Å². The highest BCUT2D eigenvalue weighted by atomic mass is 16.7. The second-order valence-electron chi connectivity index (χ2n) is 10.7. The van der Waals surface area contributed by atoms with Gasteiger partial charge in [0.15, 0.2) is 6.29 Å². The Bertz CT molecular complexity index is 551. The minimum absolute atomic E-state index is 0.183. The van der Waals surface area contributed by atoms with Crippen LogP contribution >= 0.6 is 0 Å². The van der Waals surface area contributed by atoms with Gasteiger partial charge >= 0.3 is 11.9 Å². The number of esters is 1. The van der Waals surface area contributed by atoms with E-state index in [1.807, 2.05) is 20.8 Å². The molecule has 0 amide bonds. The van der Waals surface area contributed by atoms with Crippen molar-refractivity contribution < 1.29 is 38.7 Å². The van der Waals surface area contributed by atoms with E-state index in [1.165, 1.54) is 0 Å². The highest BCUT2D eigenvalue weighted by molar-refractivity contribution is 5.73. The number of carboxylic acids is 1. The molecule has 2 N–H and O–H groups in total. The molecule has 188 valence electrons. The van der Waals surface area contributed by atoms with Crippen molar-refractivity contribution in [3.8, 4) is 0 Å². The molecule has 0 bridgehead atoms.